The topological polar surface area (TPSA) is 49.8 Å². The van der Waals surface area contributed by atoms with Crippen LogP contribution in [0.1, 0.15) is 51.5 Å². The smallest absolute Gasteiger partial charge is 0.134 e. The number of hydrogen-bond acceptors (Lipinski definition) is 5. The molecule has 21 heavy (non-hydrogen) atoms. The second kappa shape index (κ2) is 8.47. The molecule has 1 aliphatic rings. The van der Waals surface area contributed by atoms with Crippen LogP contribution < -0.4 is 10.6 Å². The van der Waals surface area contributed by atoms with E-state index in [1.54, 1.807) is 6.33 Å². The average Bonchev–Trinajstić information content (AvgIpc) is 2.51. The zero-order valence-electron chi connectivity index (χ0n) is 13.5. The highest BCUT2D eigenvalue weighted by atomic mass is 32.2. The van der Waals surface area contributed by atoms with E-state index < -0.39 is 0 Å². The van der Waals surface area contributed by atoms with E-state index in [4.69, 9.17) is 0 Å². The van der Waals surface area contributed by atoms with Gasteiger partial charge < -0.3 is 10.6 Å². The van der Waals surface area contributed by atoms with Crippen LogP contribution in [0.4, 0.5) is 11.6 Å². The molecule has 0 saturated carbocycles. The van der Waals surface area contributed by atoms with Crippen LogP contribution in [0, 0.1) is 5.92 Å². The highest BCUT2D eigenvalue weighted by molar-refractivity contribution is 7.99. The van der Waals surface area contributed by atoms with Gasteiger partial charge in [-0.2, -0.15) is 11.8 Å². The zero-order chi connectivity index (χ0) is 15.1. The van der Waals surface area contributed by atoms with Gasteiger partial charge in [0.1, 0.15) is 18.0 Å². The van der Waals surface area contributed by atoms with Gasteiger partial charge in [-0.05, 0) is 42.6 Å². The molecule has 0 spiro atoms. The molecular formula is C16H28N4S. The van der Waals surface area contributed by atoms with Gasteiger partial charge in [-0.25, -0.2) is 9.97 Å². The molecule has 118 valence electrons. The molecule has 5 heteroatoms. The highest BCUT2D eigenvalue weighted by Gasteiger charge is 2.17. The lowest BCUT2D eigenvalue weighted by molar-refractivity contribution is 0.515. The molecule has 1 fully saturated rings. The van der Waals surface area contributed by atoms with E-state index in [1.807, 2.05) is 0 Å². The molecule has 1 saturated heterocycles. The van der Waals surface area contributed by atoms with Gasteiger partial charge in [0.2, 0.25) is 0 Å². The Hall–Kier alpha value is -0.970. The summed E-state index contributed by atoms with van der Waals surface area (Å²) in [4.78, 5) is 8.91. The van der Waals surface area contributed by atoms with Gasteiger partial charge >= 0.3 is 0 Å². The summed E-state index contributed by atoms with van der Waals surface area (Å²) in [5, 5.41) is 7.01. The molecule has 1 aromatic rings. The van der Waals surface area contributed by atoms with Gasteiger partial charge in [0.15, 0.2) is 0 Å². The largest absolute Gasteiger partial charge is 0.370 e. The summed E-state index contributed by atoms with van der Waals surface area (Å²) >= 11 is 2.08. The lowest BCUT2D eigenvalue weighted by Gasteiger charge is -2.23. The quantitative estimate of drug-likeness (QED) is 0.798. The van der Waals surface area contributed by atoms with Crippen LogP contribution in [0.2, 0.25) is 0 Å². The van der Waals surface area contributed by atoms with Crippen LogP contribution in [-0.4, -0.2) is 34.6 Å². The van der Waals surface area contributed by atoms with E-state index in [0.717, 1.165) is 37.1 Å². The first-order valence-electron chi connectivity index (χ1n) is 8.12. The van der Waals surface area contributed by atoms with E-state index in [1.165, 1.54) is 29.9 Å². The van der Waals surface area contributed by atoms with E-state index in [9.17, 15) is 0 Å². The molecule has 1 aliphatic heterocycles. The highest BCUT2D eigenvalue weighted by Crippen LogP contribution is 2.29. The Bertz CT molecular complexity index is 430. The molecule has 2 heterocycles. The van der Waals surface area contributed by atoms with Gasteiger partial charge in [-0.15, -0.1) is 0 Å². The van der Waals surface area contributed by atoms with Crippen LogP contribution in [0.3, 0.4) is 0 Å². The normalized spacial score (nSPS) is 16.2. The third-order valence-electron chi connectivity index (χ3n) is 3.90. The van der Waals surface area contributed by atoms with Crippen molar-refractivity contribution in [3.8, 4) is 0 Å². The summed E-state index contributed by atoms with van der Waals surface area (Å²) < 4.78 is 0. The van der Waals surface area contributed by atoms with Crippen molar-refractivity contribution in [1.29, 1.82) is 0 Å². The monoisotopic (exact) mass is 308 g/mol. The van der Waals surface area contributed by atoms with Crippen LogP contribution in [-0.2, 0) is 0 Å². The van der Waals surface area contributed by atoms with Crippen molar-refractivity contribution in [2.45, 2.75) is 46.0 Å². The summed E-state index contributed by atoms with van der Waals surface area (Å²) in [5.74, 6) is 5.80. The van der Waals surface area contributed by atoms with Gasteiger partial charge in [-0.1, -0.05) is 20.8 Å². The van der Waals surface area contributed by atoms with Crippen molar-refractivity contribution >= 4 is 23.4 Å². The third-order valence-corrected chi connectivity index (χ3v) is 4.95. The van der Waals surface area contributed by atoms with E-state index in [-0.39, 0.29) is 0 Å². The standard InChI is InChI=1S/C16H28N4S/c1-4-7-17-15-14(12(2)3)16(20-11-19-15)18-10-13-5-8-21-9-6-13/h11-13H,4-10H2,1-3H3,(H2,17,18,19,20). The molecule has 0 radical (unpaired) electrons. The summed E-state index contributed by atoms with van der Waals surface area (Å²) in [6.45, 7) is 8.57. The van der Waals surface area contributed by atoms with Gasteiger partial charge in [-0.3, -0.25) is 0 Å². The fraction of sp³-hybridized carbons (Fsp3) is 0.750. The number of aromatic nitrogens is 2. The number of rotatable bonds is 7. The Kier molecular flexibility index (Phi) is 6.61. The van der Waals surface area contributed by atoms with Crippen LogP contribution >= 0.6 is 11.8 Å². The summed E-state index contributed by atoms with van der Waals surface area (Å²) in [5.41, 5.74) is 1.22. The van der Waals surface area contributed by atoms with Crippen molar-refractivity contribution in [3.63, 3.8) is 0 Å². The predicted molar refractivity (Wildman–Crippen MR) is 93.4 cm³/mol. The SMILES string of the molecule is CCCNc1ncnc(NCC2CCSCC2)c1C(C)C. The lowest BCUT2D eigenvalue weighted by Crippen LogP contribution is -2.21. The molecule has 0 aromatic carbocycles. The van der Waals surface area contributed by atoms with E-state index in [2.05, 4.69) is 53.1 Å². The molecule has 4 nitrogen and oxygen atoms in total. The maximum absolute atomic E-state index is 4.49. The number of hydrogen-bond donors (Lipinski definition) is 2. The predicted octanol–water partition coefficient (Wildman–Crippen LogP) is 3.98. The van der Waals surface area contributed by atoms with Crippen LogP contribution in [0.25, 0.3) is 0 Å². The Morgan fingerprint density at radius 1 is 1.19 bits per heavy atom. The van der Waals surface area contributed by atoms with Gasteiger partial charge in [0.05, 0.1) is 0 Å². The minimum absolute atomic E-state index is 0.412. The molecule has 1 aromatic heterocycles. The van der Waals surface area contributed by atoms with Crippen LogP contribution in [0.5, 0.6) is 0 Å². The Morgan fingerprint density at radius 2 is 1.86 bits per heavy atom. The average molecular weight is 308 g/mol. The number of nitrogens with zero attached hydrogens (tertiary/aromatic N) is 2. The number of nitrogens with one attached hydrogen (secondary N) is 2. The maximum Gasteiger partial charge on any atom is 0.134 e. The minimum atomic E-state index is 0.412. The Balaban J connectivity index is 2.06. The van der Waals surface area contributed by atoms with E-state index in [0.29, 0.717) is 5.92 Å². The van der Waals surface area contributed by atoms with Crippen molar-refractivity contribution in [1.82, 2.24) is 9.97 Å². The molecular weight excluding hydrogens is 280 g/mol. The van der Waals surface area contributed by atoms with Gasteiger partial charge in [0, 0.05) is 18.7 Å². The molecule has 0 atom stereocenters. The molecule has 2 rings (SSSR count). The fourth-order valence-electron chi connectivity index (χ4n) is 2.66. The summed E-state index contributed by atoms with van der Waals surface area (Å²) in [6, 6.07) is 0. The molecule has 0 bridgehead atoms. The fourth-order valence-corrected chi connectivity index (χ4v) is 3.86. The third kappa shape index (κ3) is 4.77. The maximum atomic E-state index is 4.49. The second-order valence-corrected chi connectivity index (χ2v) is 7.23. The first-order valence-corrected chi connectivity index (χ1v) is 9.28. The number of anilines is 2. The van der Waals surface area contributed by atoms with Crippen molar-refractivity contribution in [2.75, 3.05) is 35.2 Å². The molecule has 0 amide bonds. The van der Waals surface area contributed by atoms with Crippen molar-refractivity contribution in [2.24, 2.45) is 5.92 Å². The first kappa shape index (κ1) is 16.4. The van der Waals surface area contributed by atoms with Crippen molar-refractivity contribution in [3.05, 3.63) is 11.9 Å². The number of thioether (sulfide) groups is 1. The van der Waals surface area contributed by atoms with Gasteiger partial charge in [0.25, 0.3) is 0 Å². The Labute approximate surface area is 132 Å². The summed E-state index contributed by atoms with van der Waals surface area (Å²) in [6.07, 6.45) is 5.41. The molecule has 0 unspecified atom stereocenters. The molecule has 0 aliphatic carbocycles. The zero-order valence-corrected chi connectivity index (χ0v) is 14.3. The lowest BCUT2D eigenvalue weighted by atomic mass is 10.0. The first-order chi connectivity index (χ1) is 10.2. The molecule has 2 N–H and O–H groups in total. The van der Waals surface area contributed by atoms with Crippen molar-refractivity contribution < 1.29 is 0 Å². The summed E-state index contributed by atoms with van der Waals surface area (Å²) in [7, 11) is 0. The van der Waals surface area contributed by atoms with Crippen LogP contribution in [0.15, 0.2) is 6.33 Å². The van der Waals surface area contributed by atoms with E-state index >= 15 is 0 Å². The second-order valence-electron chi connectivity index (χ2n) is 6.00. The Morgan fingerprint density at radius 3 is 2.48 bits per heavy atom. The minimum Gasteiger partial charge on any atom is -0.370 e.